The van der Waals surface area contributed by atoms with Crippen LogP contribution in [0.15, 0.2) is 102 Å². The summed E-state index contributed by atoms with van der Waals surface area (Å²) in [5.41, 5.74) is 2.57. The van der Waals surface area contributed by atoms with Gasteiger partial charge in [0.1, 0.15) is 0 Å². The van der Waals surface area contributed by atoms with Gasteiger partial charge in [-0.05, 0) is 42.6 Å². The lowest BCUT2D eigenvalue weighted by molar-refractivity contribution is -0.115. The monoisotopic (exact) mass is 451 g/mol. The highest BCUT2D eigenvalue weighted by Gasteiger charge is 2.22. The van der Waals surface area contributed by atoms with Gasteiger partial charge in [-0.2, -0.15) is 0 Å². The molecule has 3 aromatic carbocycles. The predicted octanol–water partition coefficient (Wildman–Crippen LogP) is 5.60. The third-order valence-corrected chi connectivity index (χ3v) is 6.31. The van der Waals surface area contributed by atoms with Crippen LogP contribution in [0.4, 0.5) is 5.69 Å². The topological polar surface area (TPSA) is 72.7 Å². The Morgan fingerprint density at radius 1 is 0.909 bits per heavy atom. The van der Waals surface area contributed by atoms with Gasteiger partial charge >= 0.3 is 0 Å². The van der Waals surface area contributed by atoms with Crippen molar-refractivity contribution < 1.29 is 4.79 Å². The van der Waals surface area contributed by atoms with E-state index < -0.39 is 5.25 Å². The summed E-state index contributed by atoms with van der Waals surface area (Å²) in [5.74, 6) is 0.584. The fourth-order valence-electron chi connectivity index (χ4n) is 3.62. The van der Waals surface area contributed by atoms with Crippen LogP contribution in [-0.4, -0.2) is 30.9 Å². The molecular weight excluding hydrogens is 430 g/mol. The maximum atomic E-state index is 13.1. The Labute approximate surface area is 195 Å². The van der Waals surface area contributed by atoms with E-state index in [2.05, 4.69) is 20.5 Å². The molecule has 2 heterocycles. The molecule has 5 aromatic rings. The number of fused-ring (bicyclic) bond motifs is 1. The molecule has 0 saturated heterocycles. The highest BCUT2D eigenvalue weighted by Crippen LogP contribution is 2.31. The molecule has 0 fully saturated rings. The van der Waals surface area contributed by atoms with Crippen LogP contribution in [0.25, 0.3) is 27.8 Å². The number of pyridine rings is 1. The van der Waals surface area contributed by atoms with Crippen molar-refractivity contribution in [1.29, 1.82) is 0 Å². The fraction of sp³-hybridized carbons (Fsp3) is 0.0769. The molecule has 0 aliphatic rings. The van der Waals surface area contributed by atoms with Crippen molar-refractivity contribution in [2.45, 2.75) is 17.3 Å². The number of carbonyl (C=O) groups excluding carboxylic acids is 1. The molecule has 0 bridgehead atoms. The number of nitrogens with zero attached hydrogens (tertiary/aromatic N) is 4. The maximum Gasteiger partial charge on any atom is 0.237 e. The molecule has 33 heavy (non-hydrogen) atoms. The smallest absolute Gasteiger partial charge is 0.237 e. The number of rotatable bonds is 6. The summed E-state index contributed by atoms with van der Waals surface area (Å²) in [6.07, 6.45) is 3.48. The number of hydrogen-bond donors (Lipinski definition) is 1. The molecule has 1 N–H and O–H groups in total. The number of benzene rings is 3. The van der Waals surface area contributed by atoms with Crippen LogP contribution in [-0.2, 0) is 4.79 Å². The largest absolute Gasteiger partial charge is 0.325 e. The van der Waals surface area contributed by atoms with Gasteiger partial charge in [0.15, 0.2) is 11.0 Å². The van der Waals surface area contributed by atoms with Gasteiger partial charge in [0.25, 0.3) is 0 Å². The van der Waals surface area contributed by atoms with Crippen molar-refractivity contribution in [1.82, 2.24) is 19.7 Å². The van der Waals surface area contributed by atoms with Gasteiger partial charge in [-0.25, -0.2) is 0 Å². The van der Waals surface area contributed by atoms with E-state index in [0.29, 0.717) is 11.0 Å². The van der Waals surface area contributed by atoms with E-state index in [4.69, 9.17) is 0 Å². The molecule has 5 rings (SSSR count). The second-order valence-corrected chi connectivity index (χ2v) is 8.80. The molecular formula is C26H21N5OS. The first-order valence-electron chi connectivity index (χ1n) is 10.6. The average molecular weight is 452 g/mol. The first-order valence-corrected chi connectivity index (χ1v) is 11.5. The van der Waals surface area contributed by atoms with Crippen molar-refractivity contribution in [2.24, 2.45) is 0 Å². The molecule has 1 atom stereocenters. The Morgan fingerprint density at radius 2 is 1.70 bits per heavy atom. The SMILES string of the molecule is C[C@H](Sc1nnc(-c2cccnc2)n1-c1ccccc1)C(=O)Nc1cccc2ccccc12. The minimum atomic E-state index is -0.391. The summed E-state index contributed by atoms with van der Waals surface area (Å²) < 4.78 is 1.96. The number of amides is 1. The maximum absolute atomic E-state index is 13.1. The van der Waals surface area contributed by atoms with Crippen LogP contribution < -0.4 is 5.32 Å². The molecule has 0 aliphatic carbocycles. The molecule has 1 amide bonds. The van der Waals surface area contributed by atoms with E-state index in [-0.39, 0.29) is 5.91 Å². The van der Waals surface area contributed by atoms with Crippen molar-refractivity contribution in [2.75, 3.05) is 5.32 Å². The Balaban J connectivity index is 1.44. The van der Waals surface area contributed by atoms with Gasteiger partial charge in [0, 0.05) is 34.7 Å². The van der Waals surface area contributed by atoms with Crippen LogP contribution in [0.3, 0.4) is 0 Å². The van der Waals surface area contributed by atoms with Gasteiger partial charge in [-0.15, -0.1) is 10.2 Å². The number of para-hydroxylation sites is 1. The normalized spacial score (nSPS) is 11.9. The van der Waals surface area contributed by atoms with Crippen molar-refractivity contribution >= 4 is 34.1 Å². The molecule has 7 heteroatoms. The Bertz CT molecular complexity index is 1400. The third kappa shape index (κ3) is 4.36. The summed E-state index contributed by atoms with van der Waals surface area (Å²) in [6.45, 7) is 1.87. The van der Waals surface area contributed by atoms with Crippen LogP contribution in [0.1, 0.15) is 6.92 Å². The number of anilines is 1. The highest BCUT2D eigenvalue weighted by atomic mass is 32.2. The number of aromatic nitrogens is 4. The standard InChI is InChI=1S/C26H21N5OS/c1-18(25(32)28-23-15-7-10-19-9-5-6-14-22(19)23)33-26-30-29-24(20-11-8-16-27-17-20)31(26)21-12-3-2-4-13-21/h2-18H,1H3,(H,28,32)/t18-/m0/s1. The molecule has 162 valence electrons. The zero-order valence-electron chi connectivity index (χ0n) is 17.9. The minimum absolute atomic E-state index is 0.0955. The number of thioether (sulfide) groups is 1. The Kier molecular flexibility index (Phi) is 5.87. The summed E-state index contributed by atoms with van der Waals surface area (Å²) in [4.78, 5) is 17.3. The van der Waals surface area contributed by atoms with Crippen LogP contribution >= 0.6 is 11.8 Å². The number of carbonyl (C=O) groups is 1. The first kappa shape index (κ1) is 20.9. The summed E-state index contributed by atoms with van der Waals surface area (Å²) in [6, 6.07) is 27.6. The van der Waals surface area contributed by atoms with Crippen molar-refractivity contribution in [3.05, 3.63) is 97.3 Å². The zero-order chi connectivity index (χ0) is 22.6. The molecule has 0 spiro atoms. The summed E-state index contributed by atoms with van der Waals surface area (Å²) in [7, 11) is 0. The lowest BCUT2D eigenvalue weighted by Crippen LogP contribution is -2.23. The van der Waals surface area contributed by atoms with Gasteiger partial charge in [-0.1, -0.05) is 66.4 Å². The zero-order valence-corrected chi connectivity index (χ0v) is 18.7. The van der Waals surface area contributed by atoms with Gasteiger partial charge in [0.05, 0.1) is 5.25 Å². The Morgan fingerprint density at radius 3 is 2.52 bits per heavy atom. The molecule has 0 radical (unpaired) electrons. The van der Waals surface area contributed by atoms with Crippen LogP contribution in [0.5, 0.6) is 0 Å². The second-order valence-electron chi connectivity index (χ2n) is 7.49. The number of hydrogen-bond acceptors (Lipinski definition) is 5. The lowest BCUT2D eigenvalue weighted by atomic mass is 10.1. The van der Waals surface area contributed by atoms with E-state index in [1.807, 2.05) is 96.4 Å². The van der Waals surface area contributed by atoms with E-state index in [1.54, 1.807) is 12.4 Å². The molecule has 0 aliphatic heterocycles. The van der Waals surface area contributed by atoms with E-state index in [9.17, 15) is 4.79 Å². The van der Waals surface area contributed by atoms with Crippen LogP contribution in [0, 0.1) is 0 Å². The van der Waals surface area contributed by atoms with E-state index >= 15 is 0 Å². The molecule has 0 saturated carbocycles. The minimum Gasteiger partial charge on any atom is -0.325 e. The first-order chi connectivity index (χ1) is 16.2. The van der Waals surface area contributed by atoms with E-state index in [1.165, 1.54) is 11.8 Å². The van der Waals surface area contributed by atoms with Crippen molar-refractivity contribution in [3.63, 3.8) is 0 Å². The van der Waals surface area contributed by atoms with Crippen molar-refractivity contribution in [3.8, 4) is 17.1 Å². The van der Waals surface area contributed by atoms with Gasteiger partial charge < -0.3 is 5.32 Å². The predicted molar refractivity (Wildman–Crippen MR) is 132 cm³/mol. The molecule has 2 aromatic heterocycles. The third-order valence-electron chi connectivity index (χ3n) is 5.27. The summed E-state index contributed by atoms with van der Waals surface area (Å²) >= 11 is 1.37. The quantitative estimate of drug-likeness (QED) is 0.340. The second kappa shape index (κ2) is 9.26. The fourth-order valence-corrected chi connectivity index (χ4v) is 4.49. The Hall–Kier alpha value is -3.97. The highest BCUT2D eigenvalue weighted by molar-refractivity contribution is 8.00. The lowest BCUT2D eigenvalue weighted by Gasteiger charge is -2.15. The molecule has 0 unspecified atom stereocenters. The van der Waals surface area contributed by atoms with Crippen LogP contribution in [0.2, 0.25) is 0 Å². The molecule has 6 nitrogen and oxygen atoms in total. The van der Waals surface area contributed by atoms with Gasteiger partial charge in [0.2, 0.25) is 5.91 Å². The number of nitrogens with one attached hydrogen (secondary N) is 1. The van der Waals surface area contributed by atoms with Gasteiger partial charge in [-0.3, -0.25) is 14.3 Å². The summed E-state index contributed by atoms with van der Waals surface area (Å²) in [5, 5.41) is 14.3. The van der Waals surface area contributed by atoms with E-state index in [0.717, 1.165) is 27.7 Å². The average Bonchev–Trinajstić information content (AvgIpc) is 3.28.